The van der Waals surface area contributed by atoms with Crippen LogP contribution in [0.1, 0.15) is 12.8 Å². The van der Waals surface area contributed by atoms with Crippen molar-refractivity contribution in [2.45, 2.75) is 12.8 Å². The van der Waals surface area contributed by atoms with E-state index in [1.54, 1.807) is 0 Å². The van der Waals surface area contributed by atoms with E-state index in [1.165, 1.54) is 11.9 Å². The molecule has 0 aliphatic carbocycles. The van der Waals surface area contributed by atoms with E-state index in [0.717, 1.165) is 0 Å². The molecule has 1 fully saturated rings. The summed E-state index contributed by atoms with van der Waals surface area (Å²) in [6.45, 7) is 0.444. The zero-order valence-corrected chi connectivity index (χ0v) is 11.1. The van der Waals surface area contributed by atoms with Crippen LogP contribution in [0, 0.1) is 5.92 Å². The van der Waals surface area contributed by atoms with Gasteiger partial charge < -0.3 is 15.3 Å². The maximum absolute atomic E-state index is 11.5. The second kappa shape index (κ2) is 6.03. The van der Waals surface area contributed by atoms with Crippen LogP contribution in [0.15, 0.2) is 0 Å². The summed E-state index contributed by atoms with van der Waals surface area (Å²) in [5.41, 5.74) is 0. The highest BCUT2D eigenvalue weighted by Gasteiger charge is 2.28. The second-order valence-electron chi connectivity index (χ2n) is 4.52. The first-order valence-electron chi connectivity index (χ1n) is 5.71. The van der Waals surface area contributed by atoms with E-state index in [2.05, 4.69) is 5.32 Å². The highest BCUT2D eigenvalue weighted by Crippen LogP contribution is 2.17. The molecule has 18 heavy (non-hydrogen) atoms. The molecular formula is C10H18N2O5S. The van der Waals surface area contributed by atoms with Gasteiger partial charge in [0.2, 0.25) is 0 Å². The number of carboxylic acids is 1. The predicted molar refractivity (Wildman–Crippen MR) is 65.0 cm³/mol. The van der Waals surface area contributed by atoms with Gasteiger partial charge in [0.15, 0.2) is 9.84 Å². The molecule has 104 valence electrons. The Morgan fingerprint density at radius 3 is 2.61 bits per heavy atom. The highest BCUT2D eigenvalue weighted by atomic mass is 32.2. The minimum absolute atomic E-state index is 0.0353. The van der Waals surface area contributed by atoms with Gasteiger partial charge in [-0.1, -0.05) is 0 Å². The molecule has 0 radical (unpaired) electrons. The van der Waals surface area contributed by atoms with Crippen molar-refractivity contribution in [2.24, 2.45) is 5.92 Å². The van der Waals surface area contributed by atoms with Crippen LogP contribution in [0.4, 0.5) is 4.79 Å². The minimum atomic E-state index is -2.93. The van der Waals surface area contributed by atoms with Gasteiger partial charge >= 0.3 is 12.0 Å². The third kappa shape index (κ3) is 4.91. The molecule has 1 rings (SSSR count). The number of carbonyl (C=O) groups excluding carboxylic acids is 1. The molecule has 0 aromatic carbocycles. The smallest absolute Gasteiger partial charge is 0.317 e. The number of hydrogen-bond donors (Lipinski definition) is 2. The summed E-state index contributed by atoms with van der Waals surface area (Å²) in [6, 6.07) is -0.374. The van der Waals surface area contributed by atoms with Gasteiger partial charge in [-0.15, -0.1) is 0 Å². The van der Waals surface area contributed by atoms with Crippen molar-refractivity contribution in [1.29, 1.82) is 0 Å². The summed E-state index contributed by atoms with van der Waals surface area (Å²) >= 11 is 0. The van der Waals surface area contributed by atoms with Gasteiger partial charge in [0.05, 0.1) is 17.9 Å². The minimum Gasteiger partial charge on any atom is -0.481 e. The van der Waals surface area contributed by atoms with Crippen molar-refractivity contribution in [3.05, 3.63) is 0 Å². The van der Waals surface area contributed by atoms with E-state index in [4.69, 9.17) is 5.11 Å². The number of amides is 2. The lowest BCUT2D eigenvalue weighted by molar-refractivity contribution is -0.137. The Balaban J connectivity index is 2.27. The SMILES string of the molecule is CN(CCC(=O)O)C(=O)NCC1CCS(=O)(=O)C1. The molecular weight excluding hydrogens is 260 g/mol. The van der Waals surface area contributed by atoms with Crippen molar-refractivity contribution in [3.8, 4) is 0 Å². The summed E-state index contributed by atoms with van der Waals surface area (Å²) in [5, 5.41) is 11.1. The van der Waals surface area contributed by atoms with Crippen molar-refractivity contribution < 1.29 is 23.1 Å². The average Bonchev–Trinajstić information content (AvgIpc) is 2.62. The van der Waals surface area contributed by atoms with Crippen molar-refractivity contribution >= 4 is 21.8 Å². The zero-order chi connectivity index (χ0) is 13.8. The molecule has 2 N–H and O–H groups in total. The maximum Gasteiger partial charge on any atom is 0.317 e. The van der Waals surface area contributed by atoms with Gasteiger partial charge in [0, 0.05) is 20.1 Å². The monoisotopic (exact) mass is 278 g/mol. The van der Waals surface area contributed by atoms with Crippen LogP contribution in [0.2, 0.25) is 0 Å². The molecule has 1 unspecified atom stereocenters. The standard InChI is InChI=1S/C10H18N2O5S/c1-12(4-2-9(13)14)10(15)11-6-8-3-5-18(16,17)7-8/h8H,2-7H2,1H3,(H,11,15)(H,13,14). The molecule has 1 atom stereocenters. The number of nitrogens with one attached hydrogen (secondary N) is 1. The fourth-order valence-electron chi connectivity index (χ4n) is 1.76. The Bertz CT molecular complexity index is 420. The third-order valence-corrected chi connectivity index (χ3v) is 4.71. The van der Waals surface area contributed by atoms with Crippen LogP contribution >= 0.6 is 0 Å². The number of nitrogens with zero attached hydrogens (tertiary/aromatic N) is 1. The first-order valence-corrected chi connectivity index (χ1v) is 7.53. The molecule has 0 spiro atoms. The lowest BCUT2D eigenvalue weighted by Crippen LogP contribution is -2.40. The maximum atomic E-state index is 11.5. The van der Waals surface area contributed by atoms with Crippen LogP contribution in [-0.2, 0) is 14.6 Å². The number of urea groups is 1. The molecule has 8 heteroatoms. The molecule has 0 saturated carbocycles. The summed E-state index contributed by atoms with van der Waals surface area (Å²) < 4.78 is 22.4. The van der Waals surface area contributed by atoms with Crippen molar-refractivity contribution in [2.75, 3.05) is 31.6 Å². The molecule has 1 heterocycles. The normalized spacial score (nSPS) is 21.5. The Morgan fingerprint density at radius 2 is 2.11 bits per heavy atom. The quantitative estimate of drug-likeness (QED) is 0.708. The van der Waals surface area contributed by atoms with Crippen molar-refractivity contribution in [1.82, 2.24) is 10.2 Å². The molecule has 2 amide bonds. The van der Waals surface area contributed by atoms with Gasteiger partial charge in [-0.25, -0.2) is 13.2 Å². The van der Waals surface area contributed by atoms with E-state index in [9.17, 15) is 18.0 Å². The van der Waals surface area contributed by atoms with Crippen LogP contribution in [0.3, 0.4) is 0 Å². The first kappa shape index (κ1) is 14.7. The van der Waals surface area contributed by atoms with Crippen LogP contribution < -0.4 is 5.32 Å². The molecule has 1 aliphatic rings. The largest absolute Gasteiger partial charge is 0.481 e. The van der Waals surface area contributed by atoms with Gasteiger partial charge in [-0.2, -0.15) is 0 Å². The Kier molecular flexibility index (Phi) is 4.94. The number of aliphatic carboxylic acids is 1. The van der Waals surface area contributed by atoms with E-state index >= 15 is 0 Å². The second-order valence-corrected chi connectivity index (χ2v) is 6.75. The molecule has 0 aromatic rings. The number of carboxylic acid groups (broad SMARTS) is 1. The van der Waals surface area contributed by atoms with E-state index in [-0.39, 0.29) is 36.4 Å². The van der Waals surface area contributed by atoms with E-state index < -0.39 is 15.8 Å². The summed E-state index contributed by atoms with van der Waals surface area (Å²) in [7, 11) is -1.42. The van der Waals surface area contributed by atoms with E-state index in [0.29, 0.717) is 13.0 Å². The number of rotatable bonds is 5. The van der Waals surface area contributed by atoms with E-state index in [1.807, 2.05) is 0 Å². The number of sulfone groups is 1. The molecule has 1 aliphatic heterocycles. The molecule has 0 aromatic heterocycles. The fraction of sp³-hybridized carbons (Fsp3) is 0.800. The zero-order valence-electron chi connectivity index (χ0n) is 10.3. The highest BCUT2D eigenvalue weighted by molar-refractivity contribution is 7.91. The fourth-order valence-corrected chi connectivity index (χ4v) is 3.63. The Labute approximate surface area is 106 Å². The molecule has 0 bridgehead atoms. The summed E-state index contributed by atoms with van der Waals surface area (Å²) in [4.78, 5) is 23.2. The van der Waals surface area contributed by atoms with Crippen LogP contribution in [0.25, 0.3) is 0 Å². The van der Waals surface area contributed by atoms with Crippen molar-refractivity contribution in [3.63, 3.8) is 0 Å². The van der Waals surface area contributed by atoms with Gasteiger partial charge in [-0.3, -0.25) is 4.79 Å². The first-order chi connectivity index (χ1) is 8.30. The predicted octanol–water partition coefficient (Wildman–Crippen LogP) is -0.463. The molecule has 1 saturated heterocycles. The lowest BCUT2D eigenvalue weighted by atomic mass is 10.1. The lowest BCUT2D eigenvalue weighted by Gasteiger charge is -2.18. The summed E-state index contributed by atoms with van der Waals surface area (Å²) in [5.74, 6) is -0.697. The Morgan fingerprint density at radius 1 is 1.44 bits per heavy atom. The van der Waals surface area contributed by atoms with Gasteiger partial charge in [-0.05, 0) is 12.3 Å². The Hall–Kier alpha value is -1.31. The summed E-state index contributed by atoms with van der Waals surface area (Å²) in [6.07, 6.45) is 0.461. The topological polar surface area (TPSA) is 104 Å². The van der Waals surface area contributed by atoms with Crippen LogP contribution in [0.5, 0.6) is 0 Å². The van der Waals surface area contributed by atoms with Gasteiger partial charge in [0.25, 0.3) is 0 Å². The average molecular weight is 278 g/mol. The number of carbonyl (C=O) groups is 2. The molecule has 7 nitrogen and oxygen atoms in total. The van der Waals surface area contributed by atoms with Gasteiger partial charge in [0.1, 0.15) is 0 Å². The third-order valence-electron chi connectivity index (χ3n) is 2.88. The number of hydrogen-bond acceptors (Lipinski definition) is 4. The van der Waals surface area contributed by atoms with Crippen LogP contribution in [-0.4, -0.2) is 62.1 Å².